The molecule has 3 rings (SSSR count). The Hall–Kier alpha value is -1.88. The van der Waals surface area contributed by atoms with Crippen LogP contribution >= 0.6 is 0 Å². The van der Waals surface area contributed by atoms with Crippen LogP contribution < -0.4 is 10.2 Å². The second-order valence-electron chi connectivity index (χ2n) is 5.41. The van der Waals surface area contributed by atoms with E-state index >= 15 is 0 Å². The number of aryl methyl sites for hydroxylation is 1. The van der Waals surface area contributed by atoms with Crippen molar-refractivity contribution in [2.24, 2.45) is 0 Å². The lowest BCUT2D eigenvalue weighted by Crippen LogP contribution is -2.20. The maximum Gasteiger partial charge on any atom is 0.225 e. The van der Waals surface area contributed by atoms with E-state index in [1.165, 1.54) is 12.8 Å². The summed E-state index contributed by atoms with van der Waals surface area (Å²) in [6, 6.07) is 4.66. The largest absolute Gasteiger partial charge is 0.464 e. The molecule has 106 valence electrons. The van der Waals surface area contributed by atoms with Crippen LogP contribution in [0.1, 0.15) is 29.9 Å². The molecular formula is C15H20N4O. The Morgan fingerprint density at radius 3 is 2.65 bits per heavy atom. The molecule has 5 heteroatoms. The molecular weight excluding hydrogens is 252 g/mol. The quantitative estimate of drug-likeness (QED) is 0.874. The van der Waals surface area contributed by atoms with Crippen molar-refractivity contribution in [1.82, 2.24) is 15.3 Å². The molecule has 0 unspecified atom stereocenters. The van der Waals surface area contributed by atoms with Crippen molar-refractivity contribution in [2.45, 2.75) is 38.9 Å². The summed E-state index contributed by atoms with van der Waals surface area (Å²) in [7, 11) is 1.97. The number of hydrogen-bond acceptors (Lipinski definition) is 5. The van der Waals surface area contributed by atoms with Gasteiger partial charge in [0.15, 0.2) is 0 Å². The smallest absolute Gasteiger partial charge is 0.225 e. The van der Waals surface area contributed by atoms with Crippen molar-refractivity contribution < 1.29 is 4.42 Å². The first-order chi connectivity index (χ1) is 9.70. The summed E-state index contributed by atoms with van der Waals surface area (Å²) >= 11 is 0. The molecule has 0 saturated heterocycles. The van der Waals surface area contributed by atoms with Crippen LogP contribution in [0.5, 0.6) is 0 Å². The van der Waals surface area contributed by atoms with Crippen LogP contribution in [0.3, 0.4) is 0 Å². The van der Waals surface area contributed by atoms with Crippen molar-refractivity contribution in [3.05, 3.63) is 41.6 Å². The number of furan rings is 1. The molecule has 20 heavy (non-hydrogen) atoms. The van der Waals surface area contributed by atoms with Gasteiger partial charge in [0.2, 0.25) is 5.95 Å². The first kappa shape index (κ1) is 13.1. The van der Waals surface area contributed by atoms with Gasteiger partial charge in [0, 0.05) is 37.6 Å². The lowest BCUT2D eigenvalue weighted by atomic mass is 10.3. The lowest BCUT2D eigenvalue weighted by molar-refractivity contribution is 0.480. The SMILES string of the molecule is Cc1ccc(CN(C)c2ncc(CNC3CC3)cn2)o1. The third-order valence-electron chi connectivity index (χ3n) is 3.39. The van der Waals surface area contributed by atoms with E-state index in [0.29, 0.717) is 18.5 Å². The fourth-order valence-electron chi connectivity index (χ4n) is 2.06. The number of nitrogens with zero attached hydrogens (tertiary/aromatic N) is 3. The van der Waals surface area contributed by atoms with E-state index in [1.54, 1.807) is 0 Å². The predicted octanol–water partition coefficient (Wildman–Crippen LogP) is 2.27. The summed E-state index contributed by atoms with van der Waals surface area (Å²) in [6.45, 7) is 3.47. The van der Waals surface area contributed by atoms with Gasteiger partial charge in [-0.25, -0.2) is 9.97 Å². The highest BCUT2D eigenvalue weighted by molar-refractivity contribution is 5.29. The minimum absolute atomic E-state index is 0.674. The second-order valence-corrected chi connectivity index (χ2v) is 5.41. The molecule has 2 aromatic rings. The predicted molar refractivity (Wildman–Crippen MR) is 77.4 cm³/mol. The summed E-state index contributed by atoms with van der Waals surface area (Å²) in [5, 5.41) is 3.46. The third kappa shape index (κ3) is 3.36. The van der Waals surface area contributed by atoms with Crippen molar-refractivity contribution >= 4 is 5.95 Å². The van der Waals surface area contributed by atoms with E-state index in [1.807, 2.05) is 43.4 Å². The molecule has 5 nitrogen and oxygen atoms in total. The molecule has 2 heterocycles. The molecule has 1 N–H and O–H groups in total. The molecule has 1 saturated carbocycles. The van der Waals surface area contributed by atoms with Crippen molar-refractivity contribution in [1.29, 1.82) is 0 Å². The van der Waals surface area contributed by atoms with Gasteiger partial charge < -0.3 is 14.6 Å². The standard InChI is InChI=1S/C15H20N4O/c1-11-3-6-14(20-11)10-19(2)15-17-8-12(9-18-15)7-16-13-4-5-13/h3,6,8-9,13,16H,4-5,7,10H2,1-2H3. The zero-order valence-corrected chi connectivity index (χ0v) is 12.0. The maximum atomic E-state index is 5.56. The van der Waals surface area contributed by atoms with Gasteiger partial charge >= 0.3 is 0 Å². The molecule has 0 amide bonds. The van der Waals surface area contributed by atoms with Crippen LogP contribution in [0.2, 0.25) is 0 Å². The number of hydrogen-bond donors (Lipinski definition) is 1. The molecule has 0 aliphatic heterocycles. The van der Waals surface area contributed by atoms with Crippen molar-refractivity contribution in [3.63, 3.8) is 0 Å². The van der Waals surface area contributed by atoms with Gasteiger partial charge in [-0.3, -0.25) is 0 Å². The van der Waals surface area contributed by atoms with Crippen molar-refractivity contribution in [2.75, 3.05) is 11.9 Å². The molecule has 1 aliphatic carbocycles. The molecule has 0 bridgehead atoms. The third-order valence-corrected chi connectivity index (χ3v) is 3.39. The van der Waals surface area contributed by atoms with Gasteiger partial charge in [0.25, 0.3) is 0 Å². The van der Waals surface area contributed by atoms with Crippen LogP contribution in [-0.2, 0) is 13.1 Å². The number of anilines is 1. The first-order valence-corrected chi connectivity index (χ1v) is 7.01. The maximum absolute atomic E-state index is 5.56. The molecule has 2 aromatic heterocycles. The van der Waals surface area contributed by atoms with Gasteiger partial charge in [0.05, 0.1) is 6.54 Å². The average Bonchev–Trinajstić information content (AvgIpc) is 3.20. The Bertz CT molecular complexity index is 560. The fourth-order valence-corrected chi connectivity index (χ4v) is 2.06. The molecule has 0 aromatic carbocycles. The number of nitrogens with one attached hydrogen (secondary N) is 1. The highest BCUT2D eigenvalue weighted by Gasteiger charge is 2.20. The Morgan fingerprint density at radius 2 is 2.05 bits per heavy atom. The Balaban J connectivity index is 1.57. The minimum Gasteiger partial charge on any atom is -0.464 e. The zero-order chi connectivity index (χ0) is 13.9. The van der Waals surface area contributed by atoms with E-state index in [0.717, 1.165) is 23.6 Å². The zero-order valence-electron chi connectivity index (χ0n) is 12.0. The van der Waals surface area contributed by atoms with Gasteiger partial charge in [-0.15, -0.1) is 0 Å². The lowest BCUT2D eigenvalue weighted by Gasteiger charge is -2.15. The van der Waals surface area contributed by atoms with E-state index < -0.39 is 0 Å². The number of rotatable bonds is 6. The highest BCUT2D eigenvalue weighted by atomic mass is 16.3. The summed E-state index contributed by atoms with van der Waals surface area (Å²) in [5.41, 5.74) is 1.13. The molecule has 0 atom stereocenters. The Kier molecular flexibility index (Phi) is 3.69. The topological polar surface area (TPSA) is 54.2 Å². The van der Waals surface area contributed by atoms with Crippen LogP contribution in [0.15, 0.2) is 28.9 Å². The second kappa shape index (κ2) is 5.63. The Morgan fingerprint density at radius 1 is 1.30 bits per heavy atom. The summed E-state index contributed by atoms with van der Waals surface area (Å²) in [6.07, 6.45) is 6.37. The molecule has 0 radical (unpaired) electrons. The van der Waals surface area contributed by atoms with Crippen molar-refractivity contribution in [3.8, 4) is 0 Å². The summed E-state index contributed by atoms with van der Waals surface area (Å²) in [5.74, 6) is 2.57. The highest BCUT2D eigenvalue weighted by Crippen LogP contribution is 2.19. The van der Waals surface area contributed by atoms with Gasteiger partial charge in [0.1, 0.15) is 11.5 Å². The van der Waals surface area contributed by atoms with Crippen LogP contribution in [0, 0.1) is 6.92 Å². The number of aromatic nitrogens is 2. The van der Waals surface area contributed by atoms with Crippen LogP contribution in [0.25, 0.3) is 0 Å². The van der Waals surface area contributed by atoms with Gasteiger partial charge in [-0.05, 0) is 31.9 Å². The average molecular weight is 272 g/mol. The van der Waals surface area contributed by atoms with Crippen LogP contribution in [-0.4, -0.2) is 23.1 Å². The van der Waals surface area contributed by atoms with E-state index in [-0.39, 0.29) is 0 Å². The van der Waals surface area contributed by atoms with E-state index in [9.17, 15) is 0 Å². The molecule has 1 fully saturated rings. The fraction of sp³-hybridized carbons (Fsp3) is 0.467. The summed E-state index contributed by atoms with van der Waals surface area (Å²) < 4.78 is 5.56. The first-order valence-electron chi connectivity index (χ1n) is 7.01. The van der Waals surface area contributed by atoms with Gasteiger partial charge in [-0.1, -0.05) is 0 Å². The van der Waals surface area contributed by atoms with Gasteiger partial charge in [-0.2, -0.15) is 0 Å². The van der Waals surface area contributed by atoms with E-state index in [4.69, 9.17) is 4.42 Å². The van der Waals surface area contributed by atoms with E-state index in [2.05, 4.69) is 15.3 Å². The molecule has 1 aliphatic rings. The minimum atomic E-state index is 0.674. The van der Waals surface area contributed by atoms with Crippen LogP contribution in [0.4, 0.5) is 5.95 Å². The normalized spacial score (nSPS) is 14.5. The Labute approximate surface area is 119 Å². The monoisotopic (exact) mass is 272 g/mol. The summed E-state index contributed by atoms with van der Waals surface area (Å²) in [4.78, 5) is 10.8. The molecule has 0 spiro atoms.